The summed E-state index contributed by atoms with van der Waals surface area (Å²) in [5.41, 5.74) is 25.8. The van der Waals surface area contributed by atoms with Gasteiger partial charge >= 0.3 is 0 Å². The molecule has 15 aromatic carbocycles. The summed E-state index contributed by atoms with van der Waals surface area (Å²) in [6.07, 6.45) is 0. The summed E-state index contributed by atoms with van der Waals surface area (Å²) >= 11 is 0. The zero-order valence-electron chi connectivity index (χ0n) is 52.2. The lowest BCUT2D eigenvalue weighted by Gasteiger charge is -2.27. The third-order valence-corrected chi connectivity index (χ3v) is 18.8. The molecule has 0 bridgehead atoms. The second-order valence-corrected chi connectivity index (χ2v) is 24.5. The molecule has 0 unspecified atom stereocenters. The van der Waals surface area contributed by atoms with Crippen molar-refractivity contribution < 1.29 is 8.83 Å². The molecule has 0 N–H and O–H groups in total. The highest BCUT2D eigenvalue weighted by atomic mass is 16.3. The number of benzene rings is 15. The molecule has 0 saturated carbocycles. The zero-order chi connectivity index (χ0) is 63.5. The van der Waals surface area contributed by atoms with E-state index in [0.717, 1.165) is 151 Å². The van der Waals surface area contributed by atoms with Crippen molar-refractivity contribution in [2.24, 2.45) is 0 Å². The Morgan fingerprint density at radius 2 is 0.458 bits per heavy atom. The molecule has 0 aliphatic heterocycles. The number of hydrogen-bond donors (Lipinski definition) is 0. The van der Waals surface area contributed by atoms with Gasteiger partial charge in [0, 0.05) is 89.2 Å². The third kappa shape index (κ3) is 10.1. The Hall–Kier alpha value is -12.9. The van der Waals surface area contributed by atoms with Gasteiger partial charge in [0.2, 0.25) is 0 Å². The van der Waals surface area contributed by atoms with Crippen LogP contribution in [-0.4, -0.2) is 4.57 Å². The first-order chi connectivity index (χ1) is 47.6. The van der Waals surface area contributed by atoms with Gasteiger partial charge in [-0.15, -0.1) is 0 Å². The van der Waals surface area contributed by atoms with E-state index < -0.39 is 0 Å². The highest BCUT2D eigenvalue weighted by Gasteiger charge is 2.21. The van der Waals surface area contributed by atoms with Crippen LogP contribution in [0.3, 0.4) is 0 Å². The van der Waals surface area contributed by atoms with Crippen LogP contribution in [0.2, 0.25) is 0 Å². The molecule has 0 aliphatic carbocycles. The largest absolute Gasteiger partial charge is 0.456 e. The summed E-state index contributed by atoms with van der Waals surface area (Å²) in [4.78, 5) is 7.03. The summed E-state index contributed by atoms with van der Waals surface area (Å²) < 4.78 is 14.7. The Bertz CT molecular complexity index is 5560. The molecule has 0 saturated heterocycles. The number of hydrogen-bond acceptors (Lipinski definition) is 5. The summed E-state index contributed by atoms with van der Waals surface area (Å²) in [7, 11) is 0. The van der Waals surface area contributed by atoms with Crippen LogP contribution in [0.5, 0.6) is 0 Å². The summed E-state index contributed by atoms with van der Waals surface area (Å²) in [6.45, 7) is 0. The number of para-hydroxylation sites is 6. The highest BCUT2D eigenvalue weighted by molar-refractivity contribution is 6.11. The van der Waals surface area contributed by atoms with Gasteiger partial charge in [0.25, 0.3) is 0 Å². The van der Waals surface area contributed by atoms with Gasteiger partial charge in [-0.2, -0.15) is 0 Å². The molecule has 6 heteroatoms. The van der Waals surface area contributed by atoms with Gasteiger partial charge in [-0.3, -0.25) is 0 Å². The minimum atomic E-state index is 0.897. The van der Waals surface area contributed by atoms with Gasteiger partial charge in [-0.1, -0.05) is 194 Å². The van der Waals surface area contributed by atoms with Crippen LogP contribution >= 0.6 is 0 Å². The van der Waals surface area contributed by atoms with Crippen molar-refractivity contribution >= 4 is 117 Å². The summed E-state index contributed by atoms with van der Waals surface area (Å²) in [5.74, 6) is 0. The Labute approximate surface area is 555 Å². The van der Waals surface area contributed by atoms with E-state index >= 15 is 0 Å². The smallest absolute Gasteiger partial charge is 0.135 e. The van der Waals surface area contributed by atoms with Crippen molar-refractivity contribution in [1.82, 2.24) is 4.57 Å². The number of aromatic nitrogens is 1. The fourth-order valence-electron chi connectivity index (χ4n) is 14.1. The van der Waals surface area contributed by atoms with Crippen LogP contribution in [-0.2, 0) is 0 Å². The highest BCUT2D eigenvalue weighted by Crippen LogP contribution is 2.44. The maximum atomic E-state index is 6.15. The monoisotopic (exact) mass is 1230 g/mol. The van der Waals surface area contributed by atoms with Crippen LogP contribution in [0.1, 0.15) is 0 Å². The van der Waals surface area contributed by atoms with Crippen molar-refractivity contribution in [3.8, 4) is 50.2 Å². The average molecular weight is 1230 g/mol. The minimum Gasteiger partial charge on any atom is -0.456 e. The van der Waals surface area contributed by atoms with Crippen molar-refractivity contribution in [2.75, 3.05) is 14.7 Å². The SMILES string of the molecule is c1ccc(N(c2ccc(-c3ccc(N(c4ccc(-c5ccc(N(c6ccccc6)c6ccc(-c7ccc8oc9ccccc9c8c7)cc6)cc5)cc4)c4ccc5c(c4)c4ccccc4n5-c4ccccc4)cc3)cc2)c2ccc(-c3ccc4oc5ccccc5c4c3)cc2)cc1. The van der Waals surface area contributed by atoms with E-state index in [9.17, 15) is 0 Å². The molecule has 3 heterocycles. The Morgan fingerprint density at radius 1 is 0.177 bits per heavy atom. The molecule has 0 fully saturated rings. The van der Waals surface area contributed by atoms with Crippen LogP contribution in [0, 0.1) is 0 Å². The Balaban J connectivity index is 0.655. The van der Waals surface area contributed by atoms with Gasteiger partial charge in [0.15, 0.2) is 0 Å². The van der Waals surface area contributed by atoms with Crippen molar-refractivity contribution in [1.29, 1.82) is 0 Å². The number of anilines is 9. The second-order valence-electron chi connectivity index (χ2n) is 24.5. The number of fused-ring (bicyclic) bond motifs is 9. The molecule has 452 valence electrons. The Kier molecular flexibility index (Phi) is 13.8. The normalized spacial score (nSPS) is 11.5. The lowest BCUT2D eigenvalue weighted by Crippen LogP contribution is -2.10. The molecule has 0 amide bonds. The average Bonchev–Trinajstić information content (AvgIpc) is 1.94. The molecule has 3 aromatic heterocycles. The van der Waals surface area contributed by atoms with E-state index in [1.165, 1.54) is 16.3 Å². The van der Waals surface area contributed by atoms with Crippen LogP contribution in [0.15, 0.2) is 373 Å². The zero-order valence-corrected chi connectivity index (χ0v) is 52.2. The first kappa shape index (κ1) is 55.9. The van der Waals surface area contributed by atoms with Gasteiger partial charge in [-0.25, -0.2) is 0 Å². The molecule has 18 rings (SSSR count). The van der Waals surface area contributed by atoms with Crippen LogP contribution in [0.25, 0.3) is 116 Å². The number of nitrogens with zero attached hydrogens (tertiary/aromatic N) is 4. The molecule has 18 aromatic rings. The van der Waals surface area contributed by atoms with E-state index in [1.54, 1.807) is 0 Å². The molecule has 96 heavy (non-hydrogen) atoms. The van der Waals surface area contributed by atoms with Crippen LogP contribution in [0.4, 0.5) is 51.2 Å². The molecule has 0 spiro atoms. The van der Waals surface area contributed by atoms with Crippen molar-refractivity contribution in [3.63, 3.8) is 0 Å². The predicted molar refractivity (Wildman–Crippen MR) is 401 cm³/mol. The Morgan fingerprint density at radius 3 is 0.865 bits per heavy atom. The lowest BCUT2D eigenvalue weighted by atomic mass is 10.0. The number of rotatable bonds is 14. The van der Waals surface area contributed by atoms with Gasteiger partial charge < -0.3 is 28.1 Å². The fourth-order valence-corrected chi connectivity index (χ4v) is 14.1. The summed E-state index contributed by atoms with van der Waals surface area (Å²) in [6, 6.07) is 131. The third-order valence-electron chi connectivity index (χ3n) is 18.8. The van der Waals surface area contributed by atoms with E-state index in [1.807, 2.05) is 24.3 Å². The number of furan rings is 2. The topological polar surface area (TPSA) is 40.9 Å². The van der Waals surface area contributed by atoms with E-state index in [-0.39, 0.29) is 0 Å². The van der Waals surface area contributed by atoms with E-state index in [0.29, 0.717) is 0 Å². The molecule has 6 nitrogen and oxygen atoms in total. The van der Waals surface area contributed by atoms with E-state index in [2.05, 4.69) is 359 Å². The molecule has 0 aliphatic rings. The van der Waals surface area contributed by atoms with Gasteiger partial charge in [0.1, 0.15) is 22.3 Å². The predicted octanol–water partition coefficient (Wildman–Crippen LogP) is 25.7. The lowest BCUT2D eigenvalue weighted by molar-refractivity contribution is 0.668. The van der Waals surface area contributed by atoms with Gasteiger partial charge in [-0.05, 0) is 214 Å². The minimum absolute atomic E-state index is 0.897. The molecular formula is C90H60N4O2. The quantitative estimate of drug-likeness (QED) is 0.109. The maximum Gasteiger partial charge on any atom is 0.135 e. The van der Waals surface area contributed by atoms with Crippen molar-refractivity contribution in [2.45, 2.75) is 0 Å². The van der Waals surface area contributed by atoms with Gasteiger partial charge in [0.05, 0.1) is 11.0 Å². The standard InChI is InChI=1S/C90H60N4O2/c1-4-16-69(17-5-1)91(74-50-36-65(37-51-74)67-40-56-89-83(58-67)80-23-11-14-26-87(80)95-89)72-42-28-61(29-43-72)63-32-46-76(47-33-63)93(78-54-55-86-82(60-78)79-22-10-13-25-85(79)94(86)71-20-8-3-9-21-71)77-48-34-64(35-49-77)62-30-44-73(45-31-62)92(70-18-6-2-7-19-70)75-52-38-66(39-53-75)68-41-57-90-84(59-68)81-24-12-15-27-88(81)96-90/h1-60H. The van der Waals surface area contributed by atoms with Crippen molar-refractivity contribution in [3.05, 3.63) is 364 Å². The first-order valence-corrected chi connectivity index (χ1v) is 32.6. The second kappa shape index (κ2) is 23.7. The molecule has 0 atom stereocenters. The maximum absolute atomic E-state index is 6.15. The molecular weight excluding hydrogens is 1170 g/mol. The molecule has 0 radical (unpaired) electrons. The van der Waals surface area contributed by atoms with E-state index in [4.69, 9.17) is 8.83 Å². The fraction of sp³-hybridized carbons (Fsp3) is 0. The summed E-state index contributed by atoms with van der Waals surface area (Å²) in [5, 5.41) is 6.90. The van der Waals surface area contributed by atoms with Crippen LogP contribution < -0.4 is 14.7 Å². The first-order valence-electron chi connectivity index (χ1n) is 32.6.